The summed E-state index contributed by atoms with van der Waals surface area (Å²) in [5, 5.41) is 8.58. The largest absolute Gasteiger partial charge is 0.294 e. The minimum Gasteiger partial charge on any atom is -0.283 e. The monoisotopic (exact) mass is 504 g/mol. The van der Waals surface area contributed by atoms with Gasteiger partial charge in [-0.15, -0.1) is 10.2 Å². The van der Waals surface area contributed by atoms with E-state index in [0.717, 1.165) is 23.2 Å². The van der Waals surface area contributed by atoms with E-state index in [0.29, 0.717) is 11.8 Å². The lowest BCUT2D eigenvalue weighted by molar-refractivity contribution is -0.659. The average Bonchev–Trinajstić information content (AvgIpc) is 3.45. The molecule has 0 aliphatic heterocycles. The molecular formula is C33H38N5+. The molecule has 0 bridgehead atoms. The Morgan fingerprint density at radius 2 is 1.34 bits per heavy atom. The van der Waals surface area contributed by atoms with Crippen molar-refractivity contribution in [1.29, 1.82) is 0 Å². The molecule has 0 unspecified atom stereocenters. The van der Waals surface area contributed by atoms with Crippen LogP contribution in [0.3, 0.4) is 0 Å². The quantitative estimate of drug-likeness (QED) is 0.226. The molecule has 5 rings (SSSR count). The highest BCUT2D eigenvalue weighted by atomic mass is 15.3. The molecule has 2 heterocycles. The first kappa shape index (κ1) is 25.7. The third kappa shape index (κ3) is 4.47. The maximum Gasteiger partial charge on any atom is 0.294 e. The van der Waals surface area contributed by atoms with Gasteiger partial charge in [0.1, 0.15) is 29.7 Å². The van der Waals surface area contributed by atoms with Crippen LogP contribution in [0.2, 0.25) is 0 Å². The van der Waals surface area contributed by atoms with Crippen LogP contribution in [0.15, 0.2) is 73.1 Å². The van der Waals surface area contributed by atoms with E-state index in [4.69, 9.17) is 0 Å². The molecule has 0 aliphatic carbocycles. The van der Waals surface area contributed by atoms with Gasteiger partial charge in [0.15, 0.2) is 0 Å². The minimum atomic E-state index is 0.362. The van der Waals surface area contributed by atoms with E-state index in [1.807, 2.05) is 13.8 Å². The highest BCUT2D eigenvalue weighted by molar-refractivity contribution is 5.72. The predicted octanol–water partition coefficient (Wildman–Crippen LogP) is 7.39. The van der Waals surface area contributed by atoms with Crippen LogP contribution in [-0.2, 0) is 7.05 Å². The number of hydrogen-bond acceptors (Lipinski definition) is 2. The summed E-state index contributed by atoms with van der Waals surface area (Å²) in [4.78, 5) is 0. The van der Waals surface area contributed by atoms with Gasteiger partial charge in [-0.25, -0.2) is 4.57 Å². The zero-order valence-corrected chi connectivity index (χ0v) is 23.8. The Balaban J connectivity index is 1.77. The second kappa shape index (κ2) is 10.1. The first-order valence-electron chi connectivity index (χ1n) is 13.5. The van der Waals surface area contributed by atoms with Gasteiger partial charge in [-0.1, -0.05) is 64.1 Å². The Morgan fingerprint density at radius 1 is 0.737 bits per heavy atom. The Labute approximate surface area is 226 Å². The number of aromatic nitrogens is 5. The summed E-state index contributed by atoms with van der Waals surface area (Å²) < 4.78 is 6.75. The highest BCUT2D eigenvalue weighted by Crippen LogP contribution is 2.38. The Hall–Kier alpha value is -3.99. The van der Waals surface area contributed by atoms with Gasteiger partial charge >= 0.3 is 0 Å². The molecule has 0 fully saturated rings. The van der Waals surface area contributed by atoms with E-state index in [1.165, 1.54) is 39.1 Å². The molecule has 5 aromatic rings. The van der Waals surface area contributed by atoms with Crippen LogP contribution in [0.1, 0.15) is 67.9 Å². The first-order chi connectivity index (χ1) is 18.2. The predicted molar refractivity (Wildman–Crippen MR) is 155 cm³/mol. The van der Waals surface area contributed by atoms with Crippen molar-refractivity contribution in [3.05, 3.63) is 101 Å². The summed E-state index contributed by atoms with van der Waals surface area (Å²) in [5.74, 6) is 3.66. The SMILES string of the molecule is Cc1ccc(-n2c(C)nnc2C)cc1-c1n(-c2c(C(C)C)cc(-c3ccccc3)cc2C(C)C)cc[n+]1C. The summed E-state index contributed by atoms with van der Waals surface area (Å²) in [6.07, 6.45) is 4.38. The topological polar surface area (TPSA) is 39.5 Å². The summed E-state index contributed by atoms with van der Waals surface area (Å²) in [5.41, 5.74) is 10.0. The number of nitrogens with zero attached hydrogens (tertiary/aromatic N) is 5. The molecule has 3 aromatic carbocycles. The van der Waals surface area contributed by atoms with E-state index < -0.39 is 0 Å². The lowest BCUT2D eigenvalue weighted by Gasteiger charge is -2.20. The van der Waals surface area contributed by atoms with E-state index in [1.54, 1.807) is 0 Å². The van der Waals surface area contributed by atoms with Gasteiger partial charge in [0.25, 0.3) is 5.82 Å². The van der Waals surface area contributed by atoms with Crippen molar-refractivity contribution in [1.82, 2.24) is 19.3 Å². The summed E-state index contributed by atoms with van der Waals surface area (Å²) >= 11 is 0. The Morgan fingerprint density at radius 3 is 1.92 bits per heavy atom. The number of aryl methyl sites for hydroxylation is 4. The molecule has 0 saturated carbocycles. The maximum absolute atomic E-state index is 4.29. The molecule has 38 heavy (non-hydrogen) atoms. The van der Waals surface area contributed by atoms with E-state index in [9.17, 15) is 0 Å². The van der Waals surface area contributed by atoms with Crippen LogP contribution in [0.25, 0.3) is 33.9 Å². The third-order valence-corrected chi connectivity index (χ3v) is 7.47. The van der Waals surface area contributed by atoms with Crippen molar-refractivity contribution in [2.75, 3.05) is 0 Å². The standard InChI is InChI=1S/C33H38N5/c1-21(2)29-18-27(26-12-10-9-11-13-26)19-30(22(3)4)32(29)37-17-16-36(8)33(37)31-20-28(15-14-23(31)5)38-24(6)34-35-25(38)7/h9-22H,1-8H3/q+1. The van der Waals surface area contributed by atoms with Crippen molar-refractivity contribution < 1.29 is 4.57 Å². The third-order valence-electron chi connectivity index (χ3n) is 7.47. The van der Waals surface area contributed by atoms with Crippen LogP contribution in [0.5, 0.6) is 0 Å². The maximum atomic E-state index is 4.29. The number of imidazole rings is 1. The van der Waals surface area contributed by atoms with Crippen LogP contribution >= 0.6 is 0 Å². The summed E-state index contributed by atoms with van der Waals surface area (Å²) in [6.45, 7) is 15.4. The van der Waals surface area contributed by atoms with E-state index >= 15 is 0 Å². The molecule has 0 aliphatic rings. The normalized spacial score (nSPS) is 11.6. The molecule has 0 atom stereocenters. The molecule has 5 nitrogen and oxygen atoms in total. The van der Waals surface area contributed by atoms with Crippen molar-refractivity contribution in [2.45, 2.75) is 60.3 Å². The fourth-order valence-electron chi connectivity index (χ4n) is 5.45. The summed E-state index contributed by atoms with van der Waals surface area (Å²) in [7, 11) is 2.13. The average molecular weight is 505 g/mol. The van der Waals surface area contributed by atoms with Gasteiger partial charge in [-0.3, -0.25) is 4.57 Å². The van der Waals surface area contributed by atoms with Crippen LogP contribution in [0, 0.1) is 20.8 Å². The molecule has 194 valence electrons. The molecular weight excluding hydrogens is 466 g/mol. The number of benzene rings is 3. The molecule has 0 N–H and O–H groups in total. The Kier molecular flexibility index (Phi) is 6.78. The molecule has 2 aromatic heterocycles. The zero-order chi connectivity index (χ0) is 27.1. The second-order valence-corrected chi connectivity index (χ2v) is 10.9. The molecule has 0 saturated heterocycles. The van der Waals surface area contributed by atoms with Gasteiger partial charge in [-0.2, -0.15) is 4.57 Å². The van der Waals surface area contributed by atoms with Crippen molar-refractivity contribution in [3.8, 4) is 33.9 Å². The lowest BCUT2D eigenvalue weighted by Crippen LogP contribution is -2.29. The first-order valence-corrected chi connectivity index (χ1v) is 13.5. The molecule has 0 radical (unpaired) electrons. The van der Waals surface area contributed by atoms with Crippen molar-refractivity contribution in [2.24, 2.45) is 7.05 Å². The van der Waals surface area contributed by atoms with Crippen molar-refractivity contribution in [3.63, 3.8) is 0 Å². The van der Waals surface area contributed by atoms with Gasteiger partial charge in [0.05, 0.1) is 12.6 Å². The van der Waals surface area contributed by atoms with Crippen molar-refractivity contribution >= 4 is 0 Å². The summed E-state index contributed by atoms with van der Waals surface area (Å²) in [6, 6.07) is 22.1. The lowest BCUT2D eigenvalue weighted by atomic mass is 9.88. The van der Waals surface area contributed by atoms with E-state index in [2.05, 4.69) is 139 Å². The van der Waals surface area contributed by atoms with Crippen LogP contribution in [-0.4, -0.2) is 19.3 Å². The highest BCUT2D eigenvalue weighted by Gasteiger charge is 2.28. The van der Waals surface area contributed by atoms with Crippen LogP contribution in [0.4, 0.5) is 0 Å². The minimum absolute atomic E-state index is 0.362. The molecule has 0 amide bonds. The smallest absolute Gasteiger partial charge is 0.283 e. The van der Waals surface area contributed by atoms with Gasteiger partial charge in [-0.05, 0) is 73.6 Å². The van der Waals surface area contributed by atoms with Gasteiger partial charge in [0.2, 0.25) is 0 Å². The van der Waals surface area contributed by atoms with E-state index in [-0.39, 0.29) is 0 Å². The Bertz CT molecular complexity index is 1550. The second-order valence-electron chi connectivity index (χ2n) is 10.9. The fraction of sp³-hybridized carbons (Fsp3) is 0.303. The molecule has 5 heteroatoms. The van der Waals surface area contributed by atoms with Gasteiger partial charge in [0, 0.05) is 16.8 Å². The number of hydrogen-bond donors (Lipinski definition) is 0. The van der Waals surface area contributed by atoms with Crippen LogP contribution < -0.4 is 4.57 Å². The van der Waals surface area contributed by atoms with Gasteiger partial charge < -0.3 is 0 Å². The molecule has 0 spiro atoms. The fourth-order valence-corrected chi connectivity index (χ4v) is 5.45. The zero-order valence-electron chi connectivity index (χ0n) is 23.8. The number of rotatable bonds is 6.